The maximum absolute atomic E-state index is 13.8. The van der Waals surface area contributed by atoms with Crippen molar-refractivity contribution < 1.29 is 18.1 Å². The fraction of sp³-hybridized carbons (Fsp3) is 0.200. The first-order valence-corrected chi connectivity index (χ1v) is 5.45. The van der Waals surface area contributed by atoms with E-state index < -0.39 is 33.2 Å². The van der Waals surface area contributed by atoms with Crippen LogP contribution in [0.15, 0.2) is 16.5 Å². The van der Waals surface area contributed by atoms with Gasteiger partial charge in [-0.3, -0.25) is 10.1 Å². The molecule has 0 N–H and O–H groups in total. The summed E-state index contributed by atoms with van der Waals surface area (Å²) < 4.78 is 32.1. The predicted molar refractivity (Wildman–Crippen MR) is 60.6 cm³/mol. The van der Waals surface area contributed by atoms with Gasteiger partial charge in [0.05, 0.1) is 16.6 Å². The Hall–Kier alpha value is -2.09. The summed E-state index contributed by atoms with van der Waals surface area (Å²) in [4.78, 5) is 9.54. The molecule has 6 nitrogen and oxygen atoms in total. The Labute approximate surface area is 110 Å². The summed E-state index contributed by atoms with van der Waals surface area (Å²) in [6, 6.07) is 1.21. The lowest BCUT2D eigenvalue weighted by Crippen LogP contribution is -1.97. The first-order valence-electron chi connectivity index (χ1n) is 5.01. The van der Waals surface area contributed by atoms with Crippen molar-refractivity contribution >= 4 is 17.3 Å². The quantitative estimate of drug-likeness (QED) is 0.492. The lowest BCUT2D eigenvalue weighted by molar-refractivity contribution is -0.387. The summed E-state index contributed by atoms with van der Waals surface area (Å²) in [5.41, 5.74) is -1.49. The Balaban J connectivity index is 2.58. The van der Waals surface area contributed by atoms with Crippen LogP contribution in [-0.2, 0) is 0 Å². The van der Waals surface area contributed by atoms with E-state index in [9.17, 15) is 18.9 Å². The standard InChI is InChI=1S/C10H6ClF2N3O3/c1-4(11)9-14-15-10(19-9)6-2-5(12)3-7(8(6)13)16(17)18/h2-4H,1H3. The highest BCUT2D eigenvalue weighted by atomic mass is 35.5. The van der Waals surface area contributed by atoms with E-state index in [0.717, 1.165) is 6.07 Å². The van der Waals surface area contributed by atoms with E-state index in [1.165, 1.54) is 0 Å². The minimum Gasteiger partial charge on any atom is -0.419 e. The van der Waals surface area contributed by atoms with Crippen molar-refractivity contribution in [3.63, 3.8) is 0 Å². The molecule has 0 aliphatic rings. The third kappa shape index (κ3) is 2.53. The molecule has 0 amide bonds. The fourth-order valence-corrected chi connectivity index (χ4v) is 1.46. The van der Waals surface area contributed by atoms with Crippen molar-refractivity contribution in [2.24, 2.45) is 0 Å². The molecule has 0 aliphatic heterocycles. The van der Waals surface area contributed by atoms with Gasteiger partial charge < -0.3 is 4.42 Å². The third-order valence-electron chi connectivity index (χ3n) is 2.23. The Bertz CT molecular complexity index is 645. The maximum Gasteiger partial charge on any atom is 0.308 e. The molecule has 1 heterocycles. The molecule has 2 rings (SSSR count). The second kappa shape index (κ2) is 4.88. The number of aromatic nitrogens is 2. The summed E-state index contributed by atoms with van der Waals surface area (Å²) in [5, 5.41) is 17.0. The topological polar surface area (TPSA) is 82.1 Å². The number of halogens is 3. The number of nitro groups is 1. The van der Waals surface area contributed by atoms with Gasteiger partial charge in [0.1, 0.15) is 11.2 Å². The van der Waals surface area contributed by atoms with Crippen molar-refractivity contribution in [2.45, 2.75) is 12.3 Å². The van der Waals surface area contributed by atoms with E-state index in [0.29, 0.717) is 6.07 Å². The van der Waals surface area contributed by atoms with Gasteiger partial charge in [0.25, 0.3) is 5.89 Å². The summed E-state index contributed by atoms with van der Waals surface area (Å²) in [7, 11) is 0. The summed E-state index contributed by atoms with van der Waals surface area (Å²) in [6.45, 7) is 1.54. The third-order valence-corrected chi connectivity index (χ3v) is 2.41. The molecule has 0 radical (unpaired) electrons. The number of nitrogens with zero attached hydrogens (tertiary/aromatic N) is 3. The van der Waals surface area contributed by atoms with E-state index in [1.807, 2.05) is 0 Å². The van der Waals surface area contributed by atoms with Crippen LogP contribution in [0, 0.1) is 21.7 Å². The van der Waals surface area contributed by atoms with Crippen molar-refractivity contribution in [1.82, 2.24) is 10.2 Å². The van der Waals surface area contributed by atoms with E-state index in [1.54, 1.807) is 6.92 Å². The minimum atomic E-state index is -1.25. The average Bonchev–Trinajstić information content (AvgIpc) is 2.80. The SMILES string of the molecule is CC(Cl)c1nnc(-c2cc(F)cc([N+](=O)[O-])c2F)o1. The van der Waals surface area contributed by atoms with Crippen LogP contribution in [0.4, 0.5) is 14.5 Å². The number of benzene rings is 1. The van der Waals surface area contributed by atoms with Gasteiger partial charge in [0, 0.05) is 0 Å². The smallest absolute Gasteiger partial charge is 0.308 e. The van der Waals surface area contributed by atoms with Crippen LogP contribution >= 0.6 is 11.6 Å². The molecule has 0 saturated carbocycles. The van der Waals surface area contributed by atoms with Gasteiger partial charge >= 0.3 is 5.69 Å². The zero-order chi connectivity index (χ0) is 14.2. The molecule has 19 heavy (non-hydrogen) atoms. The normalized spacial score (nSPS) is 12.4. The lowest BCUT2D eigenvalue weighted by Gasteiger charge is -2.00. The van der Waals surface area contributed by atoms with Crippen LogP contribution in [0.25, 0.3) is 11.5 Å². The van der Waals surface area contributed by atoms with Crippen LogP contribution in [0.1, 0.15) is 18.2 Å². The highest BCUT2D eigenvalue weighted by molar-refractivity contribution is 6.20. The number of hydrogen-bond acceptors (Lipinski definition) is 5. The number of nitro benzene ring substituents is 1. The Kier molecular flexibility index (Phi) is 3.43. The Morgan fingerprint density at radius 2 is 2.11 bits per heavy atom. The largest absolute Gasteiger partial charge is 0.419 e. The molecule has 1 atom stereocenters. The molecule has 0 aliphatic carbocycles. The first-order chi connectivity index (χ1) is 8.90. The van der Waals surface area contributed by atoms with E-state index in [2.05, 4.69) is 10.2 Å². The van der Waals surface area contributed by atoms with Gasteiger partial charge in [-0.15, -0.1) is 21.8 Å². The monoisotopic (exact) mass is 289 g/mol. The zero-order valence-electron chi connectivity index (χ0n) is 9.43. The number of alkyl halides is 1. The second-order valence-corrected chi connectivity index (χ2v) is 4.26. The highest BCUT2D eigenvalue weighted by Gasteiger charge is 2.24. The molecule has 1 aromatic heterocycles. The van der Waals surface area contributed by atoms with Gasteiger partial charge in [-0.1, -0.05) is 0 Å². The van der Waals surface area contributed by atoms with Gasteiger partial charge in [0.2, 0.25) is 11.7 Å². The molecule has 1 aromatic carbocycles. The Morgan fingerprint density at radius 1 is 1.42 bits per heavy atom. The minimum absolute atomic E-state index is 0.00276. The molecule has 100 valence electrons. The molecular weight excluding hydrogens is 284 g/mol. The molecule has 9 heteroatoms. The number of rotatable bonds is 3. The van der Waals surface area contributed by atoms with Gasteiger partial charge in [-0.25, -0.2) is 4.39 Å². The van der Waals surface area contributed by atoms with E-state index in [4.69, 9.17) is 16.0 Å². The summed E-state index contributed by atoms with van der Waals surface area (Å²) >= 11 is 5.68. The maximum atomic E-state index is 13.8. The van der Waals surface area contributed by atoms with Crippen molar-refractivity contribution in [3.05, 3.63) is 39.8 Å². The zero-order valence-corrected chi connectivity index (χ0v) is 10.2. The van der Waals surface area contributed by atoms with Crippen LogP contribution in [0.5, 0.6) is 0 Å². The predicted octanol–water partition coefficient (Wildman–Crippen LogP) is 3.22. The molecule has 0 saturated heterocycles. The second-order valence-electron chi connectivity index (χ2n) is 3.61. The fourth-order valence-electron chi connectivity index (χ4n) is 1.37. The molecular formula is C10H6ClF2N3O3. The van der Waals surface area contributed by atoms with E-state index in [-0.39, 0.29) is 11.8 Å². The van der Waals surface area contributed by atoms with E-state index >= 15 is 0 Å². The molecule has 0 spiro atoms. The van der Waals surface area contributed by atoms with Crippen LogP contribution in [0.3, 0.4) is 0 Å². The molecule has 1 unspecified atom stereocenters. The van der Waals surface area contributed by atoms with Crippen molar-refractivity contribution in [1.29, 1.82) is 0 Å². The van der Waals surface area contributed by atoms with Crippen LogP contribution in [0.2, 0.25) is 0 Å². The van der Waals surface area contributed by atoms with Gasteiger partial charge in [0.15, 0.2) is 0 Å². The molecule has 0 fully saturated rings. The number of hydrogen-bond donors (Lipinski definition) is 0. The van der Waals surface area contributed by atoms with Crippen LogP contribution in [-0.4, -0.2) is 15.1 Å². The molecule has 2 aromatic rings. The average molecular weight is 290 g/mol. The summed E-state index contributed by atoms with van der Waals surface area (Å²) in [6.07, 6.45) is 0. The first kappa shape index (κ1) is 13.3. The van der Waals surface area contributed by atoms with Gasteiger partial charge in [-0.2, -0.15) is 4.39 Å². The Morgan fingerprint density at radius 3 is 2.63 bits per heavy atom. The highest BCUT2D eigenvalue weighted by Crippen LogP contribution is 2.31. The van der Waals surface area contributed by atoms with Gasteiger partial charge in [-0.05, 0) is 13.0 Å². The summed E-state index contributed by atoms with van der Waals surface area (Å²) in [5.74, 6) is -2.60. The lowest BCUT2D eigenvalue weighted by atomic mass is 10.2. The van der Waals surface area contributed by atoms with Crippen molar-refractivity contribution in [2.75, 3.05) is 0 Å². The van der Waals surface area contributed by atoms with Crippen molar-refractivity contribution in [3.8, 4) is 11.5 Å². The molecule has 0 bridgehead atoms. The van der Waals surface area contributed by atoms with Crippen LogP contribution < -0.4 is 0 Å².